The first-order valence-corrected chi connectivity index (χ1v) is 8.12. The Morgan fingerprint density at radius 3 is 2.95 bits per heavy atom. The smallest absolute Gasteiger partial charge is 0.0508 e. The number of hydrogen-bond donors (Lipinski definition) is 1. The minimum absolute atomic E-state index is 0.624. The normalized spacial score (nSPS) is 30.5. The summed E-state index contributed by atoms with van der Waals surface area (Å²) in [5, 5.41) is 3.47. The summed E-state index contributed by atoms with van der Waals surface area (Å²) in [6.07, 6.45) is 16.7. The maximum Gasteiger partial charge on any atom is 0.0508 e. The van der Waals surface area contributed by atoms with Gasteiger partial charge in [-0.25, -0.2) is 0 Å². The summed E-state index contributed by atoms with van der Waals surface area (Å²) in [5.41, 5.74) is 1.52. The van der Waals surface area contributed by atoms with Gasteiger partial charge < -0.3 is 10.2 Å². The number of hydrogen-bond acceptors (Lipinski definition) is 2. The first-order valence-electron chi connectivity index (χ1n) is 8.12. The van der Waals surface area contributed by atoms with Crippen molar-refractivity contribution in [2.45, 2.75) is 51.0 Å². The van der Waals surface area contributed by atoms with E-state index in [2.05, 4.69) is 35.6 Å². The molecule has 2 unspecified atom stereocenters. The van der Waals surface area contributed by atoms with Crippen LogP contribution >= 0.6 is 0 Å². The van der Waals surface area contributed by atoms with E-state index < -0.39 is 0 Å². The minimum Gasteiger partial charge on any atom is -0.384 e. The topological polar surface area (TPSA) is 15.3 Å². The Morgan fingerprint density at radius 1 is 1.26 bits per heavy atom. The fraction of sp³-hybridized carbons (Fsp3) is 0.765. The highest BCUT2D eigenvalue weighted by Crippen LogP contribution is 2.30. The molecular weight excluding hydrogens is 232 g/mol. The Labute approximate surface area is 117 Å². The average Bonchev–Trinajstić information content (AvgIpc) is 3.06. The highest BCUT2D eigenvalue weighted by Gasteiger charge is 2.25. The lowest BCUT2D eigenvalue weighted by atomic mass is 9.85. The van der Waals surface area contributed by atoms with Gasteiger partial charge in [0.05, 0.1) is 6.04 Å². The van der Waals surface area contributed by atoms with E-state index >= 15 is 0 Å². The zero-order chi connectivity index (χ0) is 13.1. The third kappa shape index (κ3) is 3.42. The first kappa shape index (κ1) is 13.2. The second kappa shape index (κ2) is 6.13. The zero-order valence-corrected chi connectivity index (χ0v) is 12.3. The molecule has 1 heterocycles. The van der Waals surface area contributed by atoms with Crippen LogP contribution in [0.5, 0.6) is 0 Å². The Hall–Kier alpha value is -0.760. The van der Waals surface area contributed by atoms with E-state index in [0.717, 1.165) is 11.8 Å². The first-order chi connectivity index (χ1) is 9.31. The second-order valence-electron chi connectivity index (χ2n) is 6.80. The number of fused-ring (bicyclic) bond motifs is 1. The SMILES string of the molecule is CN(CCC1CC=C2C=CNC2C1)CC1CCCC1. The van der Waals surface area contributed by atoms with Crippen LogP contribution in [-0.2, 0) is 0 Å². The van der Waals surface area contributed by atoms with Gasteiger partial charge in [-0.05, 0) is 75.4 Å². The van der Waals surface area contributed by atoms with E-state index in [9.17, 15) is 0 Å². The van der Waals surface area contributed by atoms with E-state index in [4.69, 9.17) is 0 Å². The van der Waals surface area contributed by atoms with Crippen LogP contribution in [0, 0.1) is 11.8 Å². The van der Waals surface area contributed by atoms with E-state index in [1.54, 1.807) is 0 Å². The van der Waals surface area contributed by atoms with E-state index in [0.29, 0.717) is 6.04 Å². The number of allylic oxidation sites excluding steroid dienone is 1. The van der Waals surface area contributed by atoms with Crippen molar-refractivity contribution < 1.29 is 0 Å². The van der Waals surface area contributed by atoms with Crippen molar-refractivity contribution in [1.29, 1.82) is 0 Å². The van der Waals surface area contributed by atoms with Gasteiger partial charge in [0, 0.05) is 6.54 Å². The standard InChI is InChI=1S/C17H28N2/c1-19(13-15-4-2-3-5-15)11-9-14-6-7-16-8-10-18-17(16)12-14/h7-8,10,14-15,17-18H,2-6,9,11-13H2,1H3. The van der Waals surface area contributed by atoms with E-state index in [-0.39, 0.29) is 0 Å². The molecule has 3 rings (SSSR count). The van der Waals surface area contributed by atoms with Crippen LogP contribution in [0.3, 0.4) is 0 Å². The molecule has 2 heteroatoms. The molecule has 0 saturated heterocycles. The Bertz CT molecular complexity index is 352. The van der Waals surface area contributed by atoms with Gasteiger partial charge in [-0.3, -0.25) is 0 Å². The molecule has 0 amide bonds. The predicted molar refractivity (Wildman–Crippen MR) is 80.9 cm³/mol. The van der Waals surface area contributed by atoms with Gasteiger partial charge in [0.2, 0.25) is 0 Å². The molecule has 0 spiro atoms. The van der Waals surface area contributed by atoms with Crippen LogP contribution in [0.25, 0.3) is 0 Å². The predicted octanol–water partition coefficient (Wildman–Crippen LogP) is 3.32. The molecule has 1 saturated carbocycles. The molecule has 0 aromatic heterocycles. The molecule has 2 nitrogen and oxygen atoms in total. The number of rotatable bonds is 5. The van der Waals surface area contributed by atoms with Crippen LogP contribution in [0.4, 0.5) is 0 Å². The minimum atomic E-state index is 0.624. The molecule has 1 N–H and O–H groups in total. The number of nitrogens with one attached hydrogen (secondary N) is 1. The largest absolute Gasteiger partial charge is 0.384 e. The van der Waals surface area contributed by atoms with Gasteiger partial charge in [-0.2, -0.15) is 0 Å². The van der Waals surface area contributed by atoms with Crippen molar-refractivity contribution in [1.82, 2.24) is 10.2 Å². The van der Waals surface area contributed by atoms with Gasteiger partial charge >= 0.3 is 0 Å². The molecule has 2 atom stereocenters. The van der Waals surface area contributed by atoms with Crippen LogP contribution < -0.4 is 5.32 Å². The molecule has 0 aromatic carbocycles. The van der Waals surface area contributed by atoms with Crippen molar-refractivity contribution in [3.05, 3.63) is 23.9 Å². The van der Waals surface area contributed by atoms with Gasteiger partial charge in [0.25, 0.3) is 0 Å². The van der Waals surface area contributed by atoms with Crippen LogP contribution in [0.1, 0.15) is 44.9 Å². The maximum atomic E-state index is 3.47. The Morgan fingerprint density at radius 2 is 2.11 bits per heavy atom. The summed E-state index contributed by atoms with van der Waals surface area (Å²) in [7, 11) is 2.32. The third-order valence-electron chi connectivity index (χ3n) is 5.20. The third-order valence-corrected chi connectivity index (χ3v) is 5.20. The summed E-state index contributed by atoms with van der Waals surface area (Å²) in [6, 6.07) is 0.624. The highest BCUT2D eigenvalue weighted by molar-refractivity contribution is 5.32. The lowest BCUT2D eigenvalue weighted by molar-refractivity contribution is 0.249. The van der Waals surface area contributed by atoms with Crippen molar-refractivity contribution in [2.24, 2.45) is 11.8 Å². The van der Waals surface area contributed by atoms with Crippen molar-refractivity contribution in [2.75, 3.05) is 20.1 Å². The summed E-state index contributed by atoms with van der Waals surface area (Å²) in [6.45, 7) is 2.61. The quantitative estimate of drug-likeness (QED) is 0.816. The lowest BCUT2D eigenvalue weighted by Gasteiger charge is -2.28. The fourth-order valence-corrected chi connectivity index (χ4v) is 3.98. The van der Waals surface area contributed by atoms with Crippen LogP contribution in [0.15, 0.2) is 23.9 Å². The van der Waals surface area contributed by atoms with E-state index in [1.807, 2.05) is 0 Å². The summed E-state index contributed by atoms with van der Waals surface area (Å²) < 4.78 is 0. The summed E-state index contributed by atoms with van der Waals surface area (Å²) in [5.74, 6) is 1.87. The van der Waals surface area contributed by atoms with Gasteiger partial charge in [0.15, 0.2) is 0 Å². The second-order valence-corrected chi connectivity index (χ2v) is 6.80. The molecule has 0 aromatic rings. The average molecular weight is 260 g/mol. The van der Waals surface area contributed by atoms with Crippen molar-refractivity contribution in [3.63, 3.8) is 0 Å². The summed E-state index contributed by atoms with van der Waals surface area (Å²) >= 11 is 0. The molecule has 19 heavy (non-hydrogen) atoms. The Kier molecular flexibility index (Phi) is 4.27. The van der Waals surface area contributed by atoms with Gasteiger partial charge in [0.1, 0.15) is 0 Å². The van der Waals surface area contributed by atoms with Crippen molar-refractivity contribution >= 4 is 0 Å². The zero-order valence-electron chi connectivity index (χ0n) is 12.3. The molecule has 3 aliphatic rings. The van der Waals surface area contributed by atoms with E-state index in [1.165, 1.54) is 63.6 Å². The molecule has 0 bridgehead atoms. The van der Waals surface area contributed by atoms with Gasteiger partial charge in [-0.1, -0.05) is 18.9 Å². The molecular formula is C17H28N2. The van der Waals surface area contributed by atoms with Crippen LogP contribution in [-0.4, -0.2) is 31.1 Å². The Balaban J connectivity index is 1.38. The molecule has 0 radical (unpaired) electrons. The highest BCUT2D eigenvalue weighted by atomic mass is 15.1. The molecule has 106 valence electrons. The van der Waals surface area contributed by atoms with Crippen molar-refractivity contribution in [3.8, 4) is 0 Å². The maximum absolute atomic E-state index is 3.47. The molecule has 2 aliphatic carbocycles. The molecule has 1 aliphatic heterocycles. The fourth-order valence-electron chi connectivity index (χ4n) is 3.98. The van der Waals surface area contributed by atoms with Crippen LogP contribution in [0.2, 0.25) is 0 Å². The summed E-state index contributed by atoms with van der Waals surface area (Å²) in [4.78, 5) is 2.58. The number of nitrogens with zero attached hydrogens (tertiary/aromatic N) is 1. The molecule has 1 fully saturated rings. The van der Waals surface area contributed by atoms with Gasteiger partial charge in [-0.15, -0.1) is 0 Å². The monoisotopic (exact) mass is 260 g/mol. The lowest BCUT2D eigenvalue weighted by Crippen LogP contribution is -2.31.